The number of thiophene rings is 1. The van der Waals surface area contributed by atoms with Crippen molar-refractivity contribution in [2.45, 2.75) is 20.3 Å². The van der Waals surface area contributed by atoms with E-state index < -0.39 is 16.7 Å². The van der Waals surface area contributed by atoms with E-state index in [1.165, 1.54) is 18.2 Å². The Kier molecular flexibility index (Phi) is 9.32. The summed E-state index contributed by atoms with van der Waals surface area (Å²) in [6.07, 6.45) is 1.28. The van der Waals surface area contributed by atoms with Gasteiger partial charge in [-0.2, -0.15) is 10.5 Å². The van der Waals surface area contributed by atoms with Crippen LogP contribution in [0.4, 0.5) is 5.69 Å². The Morgan fingerprint density at radius 3 is 2.17 bits per heavy atom. The molecule has 2 aromatic heterocycles. The minimum Gasteiger partial charge on any atom is -0.462 e. The summed E-state index contributed by atoms with van der Waals surface area (Å²) in [5.74, 6) is -1.08. The second-order valence-corrected chi connectivity index (χ2v) is 11.2. The van der Waals surface area contributed by atoms with Crippen molar-refractivity contribution in [3.8, 4) is 40.3 Å². The number of nitro benzene ring substituents is 1. The van der Waals surface area contributed by atoms with E-state index in [0.717, 1.165) is 28.2 Å². The van der Waals surface area contributed by atoms with Crippen LogP contribution in [0, 0.1) is 39.7 Å². The van der Waals surface area contributed by atoms with Crippen molar-refractivity contribution in [1.82, 2.24) is 4.57 Å². The van der Waals surface area contributed by atoms with Gasteiger partial charge in [0.2, 0.25) is 0 Å². The van der Waals surface area contributed by atoms with E-state index in [1.807, 2.05) is 77.4 Å². The second-order valence-electron chi connectivity index (χ2n) is 10.1. The lowest BCUT2D eigenvalue weighted by Crippen LogP contribution is -2.05. The fourth-order valence-corrected chi connectivity index (χ4v) is 6.30. The number of nitrogens with zero attached hydrogens (tertiary/aromatic N) is 4. The summed E-state index contributed by atoms with van der Waals surface area (Å²) in [7, 11) is 0. The Morgan fingerprint density at radius 1 is 0.978 bits per heavy atom. The molecular formula is C36H26N4O5S. The summed E-state index contributed by atoms with van der Waals surface area (Å²) < 4.78 is 7.06. The molecule has 3 aromatic carbocycles. The molecule has 0 aliphatic rings. The number of nitro groups is 1. The van der Waals surface area contributed by atoms with Crippen LogP contribution < -0.4 is 0 Å². The first-order valence-electron chi connectivity index (χ1n) is 14.2. The molecule has 0 N–H and O–H groups in total. The molecule has 46 heavy (non-hydrogen) atoms. The normalized spacial score (nSPS) is 11.0. The maximum atomic E-state index is 13.6. The van der Waals surface area contributed by atoms with Crippen molar-refractivity contribution in [2.75, 3.05) is 6.61 Å². The van der Waals surface area contributed by atoms with E-state index in [-0.39, 0.29) is 34.7 Å². The highest BCUT2D eigenvalue weighted by Crippen LogP contribution is 2.38. The molecule has 0 bridgehead atoms. The first kappa shape index (κ1) is 31.3. The first-order valence-corrected chi connectivity index (χ1v) is 15.0. The molecular weight excluding hydrogens is 600 g/mol. The van der Waals surface area contributed by atoms with E-state index >= 15 is 0 Å². The molecule has 5 rings (SSSR count). The molecule has 226 valence electrons. The predicted octanol–water partition coefficient (Wildman–Crippen LogP) is 7.86. The SMILES string of the molecule is CCOC(=O)c1sc(CC(=O)/C(C#N)=C/c2cc(-c3ccccc3)n(-c3ccc([N+](=O)[O-])cc3)c2-c2ccccc2)c(C#N)c1C. The molecule has 0 saturated carbocycles. The molecule has 0 radical (unpaired) electrons. The molecule has 0 fully saturated rings. The van der Waals surface area contributed by atoms with E-state index in [9.17, 15) is 30.2 Å². The maximum Gasteiger partial charge on any atom is 0.348 e. The van der Waals surface area contributed by atoms with Crippen LogP contribution in [0.1, 0.15) is 38.2 Å². The second kappa shape index (κ2) is 13.7. The Morgan fingerprint density at radius 2 is 1.61 bits per heavy atom. The van der Waals surface area contributed by atoms with E-state index in [2.05, 4.69) is 6.07 Å². The number of esters is 1. The number of carbonyl (C=O) groups is 2. The third-order valence-electron chi connectivity index (χ3n) is 7.30. The number of rotatable bonds is 10. The fraction of sp³-hybridized carbons (Fsp3) is 0.111. The zero-order chi connectivity index (χ0) is 32.8. The largest absolute Gasteiger partial charge is 0.462 e. The van der Waals surface area contributed by atoms with Crippen LogP contribution in [0.3, 0.4) is 0 Å². The van der Waals surface area contributed by atoms with Crippen LogP contribution in [-0.2, 0) is 16.0 Å². The minimum absolute atomic E-state index is 0.0532. The summed E-state index contributed by atoms with van der Waals surface area (Å²) >= 11 is 1.02. The molecule has 0 amide bonds. The molecule has 10 heteroatoms. The van der Waals surface area contributed by atoms with Crippen LogP contribution in [0.2, 0.25) is 0 Å². The zero-order valence-corrected chi connectivity index (χ0v) is 25.7. The van der Waals surface area contributed by atoms with Crippen molar-refractivity contribution in [1.29, 1.82) is 10.5 Å². The number of nitriles is 2. The molecule has 5 aromatic rings. The van der Waals surface area contributed by atoms with Gasteiger partial charge >= 0.3 is 5.97 Å². The Bertz CT molecular complexity index is 2060. The van der Waals surface area contributed by atoms with Gasteiger partial charge in [-0.25, -0.2) is 4.79 Å². The molecule has 9 nitrogen and oxygen atoms in total. The third kappa shape index (κ3) is 6.25. The lowest BCUT2D eigenvalue weighted by molar-refractivity contribution is -0.384. The third-order valence-corrected chi connectivity index (χ3v) is 8.57. The van der Waals surface area contributed by atoms with Gasteiger partial charge in [-0.3, -0.25) is 14.9 Å². The molecule has 0 aliphatic heterocycles. The van der Waals surface area contributed by atoms with Crippen molar-refractivity contribution >= 4 is 34.9 Å². The number of allylic oxidation sites excluding steroid dienone is 1. The van der Waals surface area contributed by atoms with Gasteiger partial charge in [0.1, 0.15) is 17.0 Å². The average molecular weight is 627 g/mol. The lowest BCUT2D eigenvalue weighted by Gasteiger charge is -2.15. The van der Waals surface area contributed by atoms with E-state index in [4.69, 9.17) is 4.74 Å². The smallest absolute Gasteiger partial charge is 0.348 e. The van der Waals surface area contributed by atoms with Crippen LogP contribution in [0.5, 0.6) is 0 Å². The number of ether oxygens (including phenoxy) is 1. The van der Waals surface area contributed by atoms with Crippen LogP contribution in [0.25, 0.3) is 34.3 Å². The number of Topliss-reactive ketones (excluding diaryl/α,β-unsaturated/α-hetero) is 1. The lowest BCUT2D eigenvalue weighted by atomic mass is 10.0. The molecule has 0 aliphatic carbocycles. The predicted molar refractivity (Wildman–Crippen MR) is 175 cm³/mol. The topological polar surface area (TPSA) is 139 Å². The van der Waals surface area contributed by atoms with Crippen molar-refractivity contribution in [3.63, 3.8) is 0 Å². The monoisotopic (exact) mass is 626 g/mol. The van der Waals surface area contributed by atoms with E-state index in [0.29, 0.717) is 27.4 Å². The Labute approximate surface area is 269 Å². The van der Waals surface area contributed by atoms with Gasteiger partial charge in [-0.05, 0) is 54.8 Å². The highest BCUT2D eigenvalue weighted by atomic mass is 32.1. The standard InChI is InChI=1S/C36H26N4O5S/c1-3-45-36(42)35-23(2)30(22-38)33(46-35)20-32(41)27(21-37)18-26-19-31(24-10-6-4-7-11-24)39(34(26)25-12-8-5-9-13-25)28-14-16-29(17-15-28)40(43)44/h4-19H,3,20H2,1-2H3/b27-18+. The van der Waals surface area contributed by atoms with Gasteiger partial charge in [0.25, 0.3) is 5.69 Å². The van der Waals surface area contributed by atoms with Gasteiger partial charge in [0, 0.05) is 34.7 Å². The summed E-state index contributed by atoms with van der Waals surface area (Å²) in [4.78, 5) is 37.6. The van der Waals surface area contributed by atoms with Crippen LogP contribution >= 0.6 is 11.3 Å². The molecule has 2 heterocycles. The number of hydrogen-bond acceptors (Lipinski definition) is 8. The van der Waals surface area contributed by atoms with Crippen molar-refractivity contribution in [3.05, 3.63) is 133 Å². The van der Waals surface area contributed by atoms with Gasteiger partial charge in [-0.15, -0.1) is 11.3 Å². The zero-order valence-electron chi connectivity index (χ0n) is 24.9. The highest BCUT2D eigenvalue weighted by molar-refractivity contribution is 7.14. The number of carbonyl (C=O) groups excluding carboxylic acids is 2. The maximum absolute atomic E-state index is 13.6. The minimum atomic E-state index is -0.565. The Balaban J connectivity index is 1.67. The van der Waals surface area contributed by atoms with Crippen molar-refractivity contribution < 1.29 is 19.2 Å². The van der Waals surface area contributed by atoms with Gasteiger partial charge in [0.15, 0.2) is 5.78 Å². The van der Waals surface area contributed by atoms with Crippen LogP contribution in [-0.4, -0.2) is 27.8 Å². The molecule has 0 atom stereocenters. The molecule has 0 saturated heterocycles. The average Bonchev–Trinajstić information content (AvgIpc) is 3.61. The van der Waals surface area contributed by atoms with Gasteiger partial charge < -0.3 is 9.30 Å². The quantitative estimate of drug-likeness (QED) is 0.0505. The van der Waals surface area contributed by atoms with Crippen molar-refractivity contribution in [2.24, 2.45) is 0 Å². The first-order chi connectivity index (χ1) is 22.3. The summed E-state index contributed by atoms with van der Waals surface area (Å²) in [5.41, 5.74) is 4.74. The van der Waals surface area contributed by atoms with Gasteiger partial charge in [-0.1, -0.05) is 60.7 Å². The molecule has 0 unspecified atom stereocenters. The summed E-state index contributed by atoms with van der Waals surface area (Å²) in [6.45, 7) is 3.48. The van der Waals surface area contributed by atoms with Gasteiger partial charge in [0.05, 0.1) is 34.1 Å². The summed E-state index contributed by atoms with van der Waals surface area (Å²) in [6, 6.07) is 31.1. The fourth-order valence-electron chi connectivity index (χ4n) is 5.15. The Hall–Kier alpha value is -6.10. The highest BCUT2D eigenvalue weighted by Gasteiger charge is 2.25. The number of hydrogen-bond donors (Lipinski definition) is 0. The summed E-state index contributed by atoms with van der Waals surface area (Å²) in [5, 5.41) is 31.4. The number of aromatic nitrogens is 1. The number of benzene rings is 3. The number of non-ortho nitro benzene ring substituents is 1. The van der Waals surface area contributed by atoms with E-state index in [1.54, 1.807) is 26.0 Å². The molecule has 0 spiro atoms. The van der Waals surface area contributed by atoms with Crippen LogP contribution in [0.15, 0.2) is 96.6 Å². The number of ketones is 1.